The van der Waals surface area contributed by atoms with Crippen molar-refractivity contribution in [2.24, 2.45) is 0 Å². The maximum Gasteiger partial charge on any atom is 0.339 e. The molecule has 1 aliphatic heterocycles. The number of rotatable bonds is 7. The lowest BCUT2D eigenvalue weighted by Gasteiger charge is -2.29. The molecule has 11 heteroatoms. The highest BCUT2D eigenvalue weighted by Gasteiger charge is 2.26. The van der Waals surface area contributed by atoms with Crippen molar-refractivity contribution >= 4 is 29.2 Å². The van der Waals surface area contributed by atoms with Crippen LogP contribution in [0, 0.1) is 10.1 Å². The lowest BCUT2D eigenvalue weighted by molar-refractivity contribution is -0.385. The van der Waals surface area contributed by atoms with Crippen LogP contribution in [0.5, 0.6) is 17.2 Å². The highest BCUT2D eigenvalue weighted by atomic mass is 35.5. The third-order valence-electron chi connectivity index (χ3n) is 4.69. The molecule has 2 aromatic rings. The molecule has 32 heavy (non-hydrogen) atoms. The number of amides is 1. The van der Waals surface area contributed by atoms with Gasteiger partial charge in [-0.1, -0.05) is 11.6 Å². The van der Waals surface area contributed by atoms with E-state index in [1.54, 1.807) is 4.90 Å². The fraction of sp³-hybridized carbons (Fsp3) is 0.333. The summed E-state index contributed by atoms with van der Waals surface area (Å²) in [7, 11) is 1.36. The van der Waals surface area contributed by atoms with Gasteiger partial charge in [0.05, 0.1) is 30.8 Å². The first-order valence-electron chi connectivity index (χ1n) is 9.67. The van der Waals surface area contributed by atoms with Gasteiger partial charge in [-0.2, -0.15) is 0 Å². The smallest absolute Gasteiger partial charge is 0.339 e. The number of morpholine rings is 1. The number of hydrogen-bond acceptors (Lipinski definition) is 8. The minimum Gasteiger partial charge on any atom is -0.493 e. The van der Waals surface area contributed by atoms with E-state index in [-0.39, 0.29) is 39.4 Å². The van der Waals surface area contributed by atoms with Crippen LogP contribution in [0.4, 0.5) is 5.69 Å². The van der Waals surface area contributed by atoms with Gasteiger partial charge in [-0.05, 0) is 37.3 Å². The van der Waals surface area contributed by atoms with Crippen LogP contribution in [-0.2, 0) is 14.3 Å². The van der Waals surface area contributed by atoms with Gasteiger partial charge < -0.3 is 23.8 Å². The van der Waals surface area contributed by atoms with Gasteiger partial charge in [-0.15, -0.1) is 0 Å². The molecular formula is C21H21ClN2O8. The Hall–Kier alpha value is -3.37. The van der Waals surface area contributed by atoms with Crippen molar-refractivity contribution in [2.75, 3.05) is 33.4 Å². The van der Waals surface area contributed by atoms with E-state index in [4.69, 9.17) is 30.5 Å². The van der Waals surface area contributed by atoms with Gasteiger partial charge in [0.2, 0.25) is 5.75 Å². The summed E-state index contributed by atoms with van der Waals surface area (Å²) in [5.74, 6) is -0.773. The fourth-order valence-electron chi connectivity index (χ4n) is 3.04. The van der Waals surface area contributed by atoms with Gasteiger partial charge in [0, 0.05) is 24.2 Å². The molecule has 0 spiro atoms. The molecule has 0 N–H and O–H groups in total. The highest BCUT2D eigenvalue weighted by molar-refractivity contribution is 6.30. The summed E-state index contributed by atoms with van der Waals surface area (Å²) in [6.07, 6.45) is -0.973. The van der Waals surface area contributed by atoms with E-state index in [1.165, 1.54) is 50.4 Å². The zero-order chi connectivity index (χ0) is 23.3. The average Bonchev–Trinajstić information content (AvgIpc) is 2.80. The third kappa shape index (κ3) is 5.45. The lowest BCUT2D eigenvalue weighted by atomic mass is 10.2. The summed E-state index contributed by atoms with van der Waals surface area (Å²) in [5.41, 5.74) is -0.195. The number of nitro benzene ring substituents is 1. The average molecular weight is 465 g/mol. The molecule has 2 aromatic carbocycles. The molecule has 0 aromatic heterocycles. The van der Waals surface area contributed by atoms with E-state index in [0.29, 0.717) is 26.3 Å². The molecule has 0 radical (unpaired) electrons. The summed E-state index contributed by atoms with van der Waals surface area (Å²) >= 11 is 5.82. The van der Waals surface area contributed by atoms with Gasteiger partial charge in [0.25, 0.3) is 5.91 Å². The molecule has 1 heterocycles. The maximum absolute atomic E-state index is 12.5. The molecule has 0 saturated carbocycles. The number of carbonyl (C=O) groups is 2. The van der Waals surface area contributed by atoms with Crippen molar-refractivity contribution in [1.82, 2.24) is 4.90 Å². The number of methoxy groups -OCH3 is 1. The first-order chi connectivity index (χ1) is 15.3. The van der Waals surface area contributed by atoms with E-state index >= 15 is 0 Å². The second-order valence-corrected chi connectivity index (χ2v) is 7.26. The van der Waals surface area contributed by atoms with E-state index in [2.05, 4.69) is 0 Å². The van der Waals surface area contributed by atoms with Gasteiger partial charge in [-0.25, -0.2) is 4.79 Å². The summed E-state index contributed by atoms with van der Waals surface area (Å²) < 4.78 is 21.4. The normalized spacial score (nSPS) is 14.4. The number of esters is 1. The van der Waals surface area contributed by atoms with Gasteiger partial charge in [0.15, 0.2) is 17.6 Å². The van der Waals surface area contributed by atoms with E-state index in [0.717, 1.165) is 0 Å². The zero-order valence-electron chi connectivity index (χ0n) is 17.4. The minimum atomic E-state index is -0.973. The van der Waals surface area contributed by atoms with Crippen LogP contribution in [0.1, 0.15) is 17.3 Å². The molecule has 10 nitrogen and oxygen atoms in total. The fourth-order valence-corrected chi connectivity index (χ4v) is 3.20. The van der Waals surface area contributed by atoms with Crippen molar-refractivity contribution < 1.29 is 33.5 Å². The van der Waals surface area contributed by atoms with Crippen LogP contribution in [0.2, 0.25) is 5.02 Å². The molecule has 0 aliphatic carbocycles. The molecule has 3 rings (SSSR count). The number of nitrogens with zero attached hydrogens (tertiary/aromatic N) is 2. The summed E-state index contributed by atoms with van der Waals surface area (Å²) in [6.45, 7) is 3.27. The third-order valence-corrected chi connectivity index (χ3v) is 4.93. The number of halogens is 1. The Kier molecular flexibility index (Phi) is 7.49. The Balaban J connectivity index is 1.74. The van der Waals surface area contributed by atoms with Crippen LogP contribution in [0.3, 0.4) is 0 Å². The van der Waals surface area contributed by atoms with Gasteiger partial charge in [0.1, 0.15) is 0 Å². The number of hydrogen-bond donors (Lipinski definition) is 0. The van der Waals surface area contributed by atoms with Crippen LogP contribution in [0.15, 0.2) is 36.4 Å². The Bertz CT molecular complexity index is 1020. The Morgan fingerprint density at radius 1 is 1.12 bits per heavy atom. The first-order valence-corrected chi connectivity index (χ1v) is 10.0. The highest BCUT2D eigenvalue weighted by Crippen LogP contribution is 2.38. The monoisotopic (exact) mass is 464 g/mol. The van der Waals surface area contributed by atoms with Crippen LogP contribution in [-0.4, -0.2) is 61.2 Å². The quantitative estimate of drug-likeness (QED) is 0.347. The maximum atomic E-state index is 12.5. The van der Waals surface area contributed by atoms with Crippen molar-refractivity contribution in [2.45, 2.75) is 13.0 Å². The summed E-state index contributed by atoms with van der Waals surface area (Å²) in [5, 5.41) is 11.5. The molecule has 1 saturated heterocycles. The van der Waals surface area contributed by atoms with E-state index in [1.807, 2.05) is 0 Å². The molecule has 1 aliphatic rings. The van der Waals surface area contributed by atoms with Crippen molar-refractivity contribution in [3.05, 3.63) is 57.1 Å². The molecule has 170 valence electrons. The van der Waals surface area contributed by atoms with Gasteiger partial charge in [-0.3, -0.25) is 14.9 Å². The Labute approximate surface area is 188 Å². The molecule has 0 bridgehead atoms. The molecule has 1 fully saturated rings. The van der Waals surface area contributed by atoms with Crippen molar-refractivity contribution in [3.63, 3.8) is 0 Å². The minimum absolute atomic E-state index is 0.0437. The van der Waals surface area contributed by atoms with Crippen molar-refractivity contribution in [3.8, 4) is 17.2 Å². The number of carbonyl (C=O) groups excluding carboxylic acids is 2. The Morgan fingerprint density at radius 2 is 1.81 bits per heavy atom. The topological polar surface area (TPSA) is 117 Å². The van der Waals surface area contributed by atoms with Crippen LogP contribution >= 0.6 is 11.6 Å². The standard InChI is InChI=1S/C21H21ClN2O8/c1-13(20(25)23-7-9-30-10-8-23)31-21(26)14-3-5-18(19(11-14)29-2)32-17-6-4-15(22)12-16(17)24(27)28/h3-6,11-13H,7-10H2,1-2H3. The van der Waals surface area contributed by atoms with Crippen LogP contribution in [0.25, 0.3) is 0 Å². The second kappa shape index (κ2) is 10.3. The lowest BCUT2D eigenvalue weighted by Crippen LogP contribution is -2.46. The molecule has 1 atom stereocenters. The predicted octanol–water partition coefficient (Wildman–Crippen LogP) is 3.45. The molecular weight excluding hydrogens is 444 g/mol. The molecule has 1 amide bonds. The van der Waals surface area contributed by atoms with E-state index in [9.17, 15) is 19.7 Å². The SMILES string of the molecule is COc1cc(C(=O)OC(C)C(=O)N2CCOCC2)ccc1Oc1ccc(Cl)cc1[N+](=O)[O-]. The second-order valence-electron chi connectivity index (χ2n) is 6.82. The summed E-state index contributed by atoms with van der Waals surface area (Å²) in [6, 6.07) is 8.18. The van der Waals surface area contributed by atoms with Crippen LogP contribution < -0.4 is 9.47 Å². The predicted molar refractivity (Wildman–Crippen MR) is 113 cm³/mol. The number of nitro groups is 1. The summed E-state index contributed by atoms with van der Waals surface area (Å²) in [4.78, 5) is 37.2. The van der Waals surface area contributed by atoms with Crippen molar-refractivity contribution in [1.29, 1.82) is 0 Å². The zero-order valence-corrected chi connectivity index (χ0v) is 18.2. The first kappa shape index (κ1) is 23.3. The molecule has 1 unspecified atom stereocenters. The number of ether oxygens (including phenoxy) is 4. The van der Waals surface area contributed by atoms with E-state index < -0.39 is 17.0 Å². The largest absolute Gasteiger partial charge is 0.493 e. The Morgan fingerprint density at radius 3 is 2.47 bits per heavy atom. The number of benzene rings is 2. The van der Waals surface area contributed by atoms with Gasteiger partial charge >= 0.3 is 11.7 Å².